The summed E-state index contributed by atoms with van der Waals surface area (Å²) in [5.74, 6) is 0.589. The number of hydrogen-bond acceptors (Lipinski definition) is 4. The lowest BCUT2D eigenvalue weighted by Gasteiger charge is -2.24. The summed E-state index contributed by atoms with van der Waals surface area (Å²) in [6, 6.07) is 7.76. The molecule has 3 heterocycles. The standard InChI is InChI=1S/C17H20N4O2/c1-11-17(23)21(14-5-3-2-4-13(14)19-11)10-16(22)20-7-6-12-8-18-9-15(12)20/h2-5,12,15,18H,6-10H2,1H3. The van der Waals surface area contributed by atoms with E-state index in [1.54, 1.807) is 11.5 Å². The van der Waals surface area contributed by atoms with Crippen LogP contribution in [0, 0.1) is 12.8 Å². The Labute approximate surface area is 134 Å². The lowest BCUT2D eigenvalue weighted by atomic mass is 10.1. The molecule has 120 valence electrons. The van der Waals surface area contributed by atoms with E-state index in [4.69, 9.17) is 0 Å². The summed E-state index contributed by atoms with van der Waals surface area (Å²) >= 11 is 0. The summed E-state index contributed by atoms with van der Waals surface area (Å²) < 4.78 is 1.57. The van der Waals surface area contributed by atoms with Crippen LogP contribution >= 0.6 is 0 Å². The van der Waals surface area contributed by atoms with Crippen LogP contribution in [0.3, 0.4) is 0 Å². The summed E-state index contributed by atoms with van der Waals surface area (Å²) in [5.41, 5.74) is 1.71. The number of carbonyl (C=O) groups excluding carboxylic acids is 1. The van der Waals surface area contributed by atoms with Crippen molar-refractivity contribution in [1.29, 1.82) is 0 Å². The maximum absolute atomic E-state index is 12.8. The highest BCUT2D eigenvalue weighted by molar-refractivity contribution is 5.80. The van der Waals surface area contributed by atoms with Gasteiger partial charge in [0.05, 0.1) is 11.0 Å². The van der Waals surface area contributed by atoms with Crippen molar-refractivity contribution >= 4 is 16.9 Å². The summed E-state index contributed by atoms with van der Waals surface area (Å²) in [5, 5.41) is 3.35. The van der Waals surface area contributed by atoms with Crippen LogP contribution in [-0.2, 0) is 11.3 Å². The van der Waals surface area contributed by atoms with Crippen LogP contribution in [0.25, 0.3) is 11.0 Å². The third-order valence-electron chi connectivity index (χ3n) is 5.07. The predicted molar refractivity (Wildman–Crippen MR) is 87.2 cm³/mol. The van der Waals surface area contributed by atoms with E-state index in [2.05, 4.69) is 10.3 Å². The second kappa shape index (κ2) is 5.45. The van der Waals surface area contributed by atoms with Crippen LogP contribution in [0.1, 0.15) is 12.1 Å². The number of nitrogens with one attached hydrogen (secondary N) is 1. The quantitative estimate of drug-likeness (QED) is 0.878. The zero-order valence-corrected chi connectivity index (χ0v) is 13.2. The highest BCUT2D eigenvalue weighted by Gasteiger charge is 2.39. The van der Waals surface area contributed by atoms with Crippen LogP contribution in [0.4, 0.5) is 0 Å². The van der Waals surface area contributed by atoms with Gasteiger partial charge in [-0.3, -0.25) is 14.2 Å². The monoisotopic (exact) mass is 312 g/mol. The molecule has 2 aliphatic heterocycles. The average molecular weight is 312 g/mol. The molecule has 2 aromatic rings. The van der Waals surface area contributed by atoms with Crippen LogP contribution in [0.2, 0.25) is 0 Å². The van der Waals surface area contributed by atoms with Gasteiger partial charge in [-0.05, 0) is 31.4 Å². The largest absolute Gasteiger partial charge is 0.337 e. The maximum atomic E-state index is 12.8. The van der Waals surface area contributed by atoms with Crippen LogP contribution < -0.4 is 10.9 Å². The van der Waals surface area contributed by atoms with Crippen molar-refractivity contribution in [2.24, 2.45) is 5.92 Å². The summed E-state index contributed by atoms with van der Waals surface area (Å²) in [7, 11) is 0. The molecule has 6 nitrogen and oxygen atoms in total. The number of para-hydroxylation sites is 2. The Hall–Kier alpha value is -2.21. The molecule has 1 aromatic heterocycles. The van der Waals surface area contributed by atoms with Crippen molar-refractivity contribution in [3.63, 3.8) is 0 Å². The molecule has 0 radical (unpaired) electrons. The fraction of sp³-hybridized carbons (Fsp3) is 0.471. The fourth-order valence-corrected chi connectivity index (χ4v) is 3.86. The Bertz CT molecular complexity index is 829. The topological polar surface area (TPSA) is 67.2 Å². The van der Waals surface area contributed by atoms with Gasteiger partial charge in [-0.15, -0.1) is 0 Å². The van der Waals surface area contributed by atoms with Gasteiger partial charge >= 0.3 is 0 Å². The molecule has 1 N–H and O–H groups in total. The van der Waals surface area contributed by atoms with Crippen LogP contribution in [0.15, 0.2) is 29.1 Å². The molecule has 0 bridgehead atoms. The number of amides is 1. The van der Waals surface area contributed by atoms with Crippen molar-refractivity contribution in [3.8, 4) is 0 Å². The number of benzene rings is 1. The van der Waals surface area contributed by atoms with Crippen molar-refractivity contribution in [1.82, 2.24) is 19.8 Å². The molecular formula is C17H20N4O2. The fourth-order valence-electron chi connectivity index (χ4n) is 3.86. The van der Waals surface area contributed by atoms with Gasteiger partial charge in [-0.2, -0.15) is 0 Å². The van der Waals surface area contributed by atoms with E-state index in [9.17, 15) is 9.59 Å². The van der Waals surface area contributed by atoms with Gasteiger partial charge in [0.15, 0.2) is 0 Å². The molecule has 1 amide bonds. The van der Waals surface area contributed by atoms with Gasteiger partial charge in [0, 0.05) is 25.7 Å². The molecular weight excluding hydrogens is 292 g/mol. The number of likely N-dealkylation sites (tertiary alicyclic amines) is 1. The first-order valence-corrected chi connectivity index (χ1v) is 8.11. The molecule has 4 rings (SSSR count). The first kappa shape index (κ1) is 14.4. The molecule has 23 heavy (non-hydrogen) atoms. The molecule has 2 fully saturated rings. The number of fused-ring (bicyclic) bond motifs is 2. The number of nitrogens with zero attached hydrogens (tertiary/aromatic N) is 3. The first-order chi connectivity index (χ1) is 11.1. The minimum atomic E-state index is -0.183. The molecule has 2 saturated heterocycles. The van der Waals surface area contributed by atoms with E-state index in [0.29, 0.717) is 11.6 Å². The normalized spacial score (nSPS) is 23.4. The Kier molecular flexibility index (Phi) is 3.41. The Morgan fingerprint density at radius 2 is 2.17 bits per heavy atom. The molecule has 0 saturated carbocycles. The third kappa shape index (κ3) is 2.34. The smallest absolute Gasteiger partial charge is 0.272 e. The first-order valence-electron chi connectivity index (χ1n) is 8.11. The Morgan fingerprint density at radius 1 is 1.35 bits per heavy atom. The second-order valence-electron chi connectivity index (χ2n) is 6.44. The van der Waals surface area contributed by atoms with Crippen molar-refractivity contribution in [2.75, 3.05) is 19.6 Å². The number of rotatable bonds is 2. The van der Waals surface area contributed by atoms with Gasteiger partial charge < -0.3 is 10.2 Å². The molecule has 2 atom stereocenters. The Morgan fingerprint density at radius 3 is 3.04 bits per heavy atom. The minimum Gasteiger partial charge on any atom is -0.337 e. The van der Waals surface area contributed by atoms with E-state index in [1.807, 2.05) is 29.2 Å². The van der Waals surface area contributed by atoms with Crippen LogP contribution in [-0.4, -0.2) is 46.0 Å². The number of carbonyl (C=O) groups is 1. The highest BCUT2D eigenvalue weighted by atomic mass is 16.2. The van der Waals surface area contributed by atoms with E-state index >= 15 is 0 Å². The number of aryl methyl sites for hydroxylation is 1. The number of hydrogen-bond donors (Lipinski definition) is 1. The maximum Gasteiger partial charge on any atom is 0.272 e. The van der Waals surface area contributed by atoms with Gasteiger partial charge in [-0.25, -0.2) is 4.98 Å². The van der Waals surface area contributed by atoms with Crippen molar-refractivity contribution in [2.45, 2.75) is 25.9 Å². The second-order valence-corrected chi connectivity index (χ2v) is 6.44. The lowest BCUT2D eigenvalue weighted by Crippen LogP contribution is -2.42. The minimum absolute atomic E-state index is 0.0269. The molecule has 2 unspecified atom stereocenters. The van der Waals surface area contributed by atoms with E-state index in [0.717, 1.165) is 37.1 Å². The molecule has 6 heteroatoms. The SMILES string of the molecule is Cc1nc2ccccc2n(CC(=O)N2CCC3CNCC32)c1=O. The van der Waals surface area contributed by atoms with Crippen molar-refractivity contribution in [3.05, 3.63) is 40.3 Å². The summed E-state index contributed by atoms with van der Waals surface area (Å²) in [6.45, 7) is 4.44. The zero-order valence-electron chi connectivity index (χ0n) is 13.2. The third-order valence-corrected chi connectivity index (χ3v) is 5.07. The van der Waals surface area contributed by atoms with Crippen molar-refractivity contribution < 1.29 is 4.79 Å². The van der Waals surface area contributed by atoms with Crippen LogP contribution in [0.5, 0.6) is 0 Å². The average Bonchev–Trinajstić information content (AvgIpc) is 3.14. The summed E-state index contributed by atoms with van der Waals surface area (Å²) in [6.07, 6.45) is 1.05. The van der Waals surface area contributed by atoms with Gasteiger partial charge in [0.25, 0.3) is 5.56 Å². The molecule has 2 aliphatic rings. The summed E-state index contributed by atoms with van der Waals surface area (Å²) in [4.78, 5) is 31.5. The van der Waals surface area contributed by atoms with E-state index in [-0.39, 0.29) is 24.1 Å². The van der Waals surface area contributed by atoms with E-state index in [1.165, 1.54) is 0 Å². The van der Waals surface area contributed by atoms with Gasteiger partial charge in [-0.1, -0.05) is 12.1 Å². The predicted octanol–water partition coefficient (Wildman–Crippen LogP) is 0.525. The molecule has 0 spiro atoms. The molecule has 0 aliphatic carbocycles. The number of aromatic nitrogens is 2. The highest BCUT2D eigenvalue weighted by Crippen LogP contribution is 2.27. The Balaban J connectivity index is 1.69. The molecule has 1 aromatic carbocycles. The lowest BCUT2D eigenvalue weighted by molar-refractivity contribution is -0.132. The zero-order chi connectivity index (χ0) is 16.0. The van der Waals surface area contributed by atoms with Gasteiger partial charge in [0.1, 0.15) is 12.2 Å². The van der Waals surface area contributed by atoms with E-state index < -0.39 is 0 Å². The van der Waals surface area contributed by atoms with Gasteiger partial charge in [0.2, 0.25) is 5.91 Å².